The first kappa shape index (κ1) is 19.9. The second-order valence-electron chi connectivity index (χ2n) is 7.28. The van der Waals surface area contributed by atoms with E-state index in [1.165, 1.54) is 11.8 Å². The van der Waals surface area contributed by atoms with Crippen molar-refractivity contribution in [2.75, 3.05) is 54.9 Å². The number of likely N-dealkylation sites (N-methyl/N-ethyl adjacent to an activating group) is 1. The Labute approximate surface area is 166 Å². The predicted octanol–water partition coefficient (Wildman–Crippen LogP) is 2.74. The van der Waals surface area contributed by atoms with Crippen molar-refractivity contribution in [3.8, 4) is 0 Å². The van der Waals surface area contributed by atoms with Crippen molar-refractivity contribution in [3.63, 3.8) is 0 Å². The molecule has 2 aromatic carbocycles. The lowest BCUT2D eigenvalue weighted by atomic mass is 10.2. The monoisotopic (exact) mass is 380 g/mol. The van der Waals surface area contributed by atoms with Gasteiger partial charge in [-0.05, 0) is 49.9 Å². The van der Waals surface area contributed by atoms with Gasteiger partial charge < -0.3 is 20.0 Å². The number of rotatable bonds is 5. The van der Waals surface area contributed by atoms with Crippen LogP contribution in [0.15, 0.2) is 48.5 Å². The first-order chi connectivity index (χ1) is 13.4. The highest BCUT2D eigenvalue weighted by Crippen LogP contribution is 2.21. The fraction of sp³-hybridized carbons (Fsp3) is 0.364. The van der Waals surface area contributed by atoms with Gasteiger partial charge in [0.15, 0.2) is 0 Å². The number of piperazine rings is 1. The fourth-order valence-corrected chi connectivity index (χ4v) is 3.40. The average molecular weight is 380 g/mol. The summed E-state index contributed by atoms with van der Waals surface area (Å²) in [4.78, 5) is 30.7. The van der Waals surface area contributed by atoms with E-state index in [1.54, 1.807) is 0 Å². The van der Waals surface area contributed by atoms with Crippen LogP contribution in [0.2, 0.25) is 0 Å². The summed E-state index contributed by atoms with van der Waals surface area (Å²) in [5.74, 6) is -0.374. The van der Waals surface area contributed by atoms with Gasteiger partial charge >= 0.3 is 0 Å². The number of amides is 2. The van der Waals surface area contributed by atoms with E-state index in [9.17, 15) is 9.59 Å². The number of carbonyl (C=O) groups excluding carboxylic acids is 2. The maximum absolute atomic E-state index is 12.5. The van der Waals surface area contributed by atoms with E-state index in [2.05, 4.69) is 22.2 Å². The smallest absolute Gasteiger partial charge is 0.244 e. The highest BCUT2D eigenvalue weighted by Gasteiger charge is 2.18. The molecule has 28 heavy (non-hydrogen) atoms. The van der Waals surface area contributed by atoms with Crippen LogP contribution in [0.5, 0.6) is 0 Å². The number of hydrogen-bond donors (Lipinski definition) is 1. The Hall–Kier alpha value is -2.86. The van der Waals surface area contributed by atoms with Gasteiger partial charge in [-0.25, -0.2) is 0 Å². The van der Waals surface area contributed by atoms with Crippen LogP contribution < -0.4 is 15.1 Å². The molecule has 1 saturated heterocycles. The molecule has 0 saturated carbocycles. The van der Waals surface area contributed by atoms with E-state index < -0.39 is 0 Å². The Morgan fingerprint density at radius 2 is 1.64 bits per heavy atom. The van der Waals surface area contributed by atoms with Gasteiger partial charge in [-0.15, -0.1) is 0 Å². The average Bonchev–Trinajstić information content (AvgIpc) is 2.68. The maximum atomic E-state index is 12.5. The van der Waals surface area contributed by atoms with Crippen molar-refractivity contribution >= 4 is 28.9 Å². The number of nitrogens with one attached hydrogen (secondary N) is 1. The minimum absolute atomic E-state index is 0.0135. The van der Waals surface area contributed by atoms with Gasteiger partial charge in [0, 0.05) is 50.2 Å². The second-order valence-corrected chi connectivity index (χ2v) is 7.28. The Morgan fingerprint density at radius 3 is 2.25 bits per heavy atom. The number of hydrogen-bond acceptors (Lipinski definition) is 4. The van der Waals surface area contributed by atoms with Gasteiger partial charge in [0.2, 0.25) is 11.8 Å². The predicted molar refractivity (Wildman–Crippen MR) is 114 cm³/mol. The second kappa shape index (κ2) is 8.89. The zero-order valence-corrected chi connectivity index (χ0v) is 16.8. The Balaban J connectivity index is 1.62. The third kappa shape index (κ3) is 4.89. The molecule has 1 fully saturated rings. The number of benzene rings is 2. The van der Waals surface area contributed by atoms with Crippen LogP contribution in [-0.4, -0.2) is 56.5 Å². The van der Waals surface area contributed by atoms with Gasteiger partial charge in [0.1, 0.15) is 6.54 Å². The molecule has 0 unspecified atom stereocenters. The molecule has 0 bridgehead atoms. The topological polar surface area (TPSA) is 55.9 Å². The van der Waals surface area contributed by atoms with Crippen LogP contribution in [0, 0.1) is 6.92 Å². The fourth-order valence-electron chi connectivity index (χ4n) is 3.40. The van der Waals surface area contributed by atoms with Gasteiger partial charge in [-0.3, -0.25) is 9.59 Å². The molecule has 0 aromatic heterocycles. The van der Waals surface area contributed by atoms with Gasteiger partial charge in [0.25, 0.3) is 0 Å². The van der Waals surface area contributed by atoms with Crippen LogP contribution in [-0.2, 0) is 9.59 Å². The molecule has 0 spiro atoms. The zero-order chi connectivity index (χ0) is 20.1. The number of aryl methyl sites for hydroxylation is 1. The Kier molecular flexibility index (Phi) is 6.31. The van der Waals surface area contributed by atoms with E-state index >= 15 is 0 Å². The third-order valence-corrected chi connectivity index (χ3v) is 5.11. The van der Waals surface area contributed by atoms with E-state index in [1.807, 2.05) is 55.5 Å². The Bertz CT molecular complexity index is 827. The molecule has 1 aliphatic rings. The number of nitrogens with zero attached hydrogens (tertiary/aromatic N) is 3. The van der Waals surface area contributed by atoms with Crippen molar-refractivity contribution in [2.45, 2.75) is 13.8 Å². The van der Waals surface area contributed by atoms with E-state index in [0.29, 0.717) is 0 Å². The first-order valence-electron chi connectivity index (χ1n) is 9.61. The molecule has 1 aliphatic heterocycles. The Morgan fingerprint density at radius 1 is 1.00 bits per heavy atom. The SMILES string of the molecule is CC(=O)N(CC(=O)Nc1ccc(N2CCN(C)CC2)cc1)c1ccccc1C. The van der Waals surface area contributed by atoms with Crippen molar-refractivity contribution in [2.24, 2.45) is 0 Å². The molecule has 6 heteroatoms. The molecule has 0 atom stereocenters. The van der Waals surface area contributed by atoms with E-state index in [0.717, 1.165) is 48.8 Å². The molecule has 148 valence electrons. The maximum Gasteiger partial charge on any atom is 0.244 e. The molecule has 0 aliphatic carbocycles. The number of para-hydroxylation sites is 1. The molecular formula is C22H28N4O2. The van der Waals surface area contributed by atoms with Crippen LogP contribution in [0.1, 0.15) is 12.5 Å². The summed E-state index contributed by atoms with van der Waals surface area (Å²) in [5.41, 5.74) is 3.62. The zero-order valence-electron chi connectivity index (χ0n) is 16.8. The normalized spacial score (nSPS) is 14.6. The summed E-state index contributed by atoms with van der Waals surface area (Å²) in [6.45, 7) is 7.51. The standard InChI is InChI=1S/C22H28N4O2/c1-17-6-4-5-7-21(17)26(18(2)27)16-22(28)23-19-8-10-20(11-9-19)25-14-12-24(3)13-15-25/h4-11H,12-16H2,1-3H3,(H,23,28). The van der Waals surface area contributed by atoms with Crippen LogP contribution in [0.3, 0.4) is 0 Å². The largest absolute Gasteiger partial charge is 0.369 e. The minimum atomic E-state index is -0.217. The quantitative estimate of drug-likeness (QED) is 0.867. The highest BCUT2D eigenvalue weighted by atomic mass is 16.2. The molecular weight excluding hydrogens is 352 g/mol. The van der Waals surface area contributed by atoms with Crippen molar-refractivity contribution in [3.05, 3.63) is 54.1 Å². The minimum Gasteiger partial charge on any atom is -0.369 e. The summed E-state index contributed by atoms with van der Waals surface area (Å²) in [7, 11) is 2.14. The first-order valence-corrected chi connectivity index (χ1v) is 9.61. The van der Waals surface area contributed by atoms with Gasteiger partial charge in [-0.1, -0.05) is 18.2 Å². The van der Waals surface area contributed by atoms with E-state index in [-0.39, 0.29) is 18.4 Å². The van der Waals surface area contributed by atoms with Crippen LogP contribution in [0.4, 0.5) is 17.1 Å². The highest BCUT2D eigenvalue weighted by molar-refractivity contribution is 6.02. The lowest BCUT2D eigenvalue weighted by Gasteiger charge is -2.34. The lowest BCUT2D eigenvalue weighted by molar-refractivity contribution is -0.120. The number of anilines is 3. The molecule has 2 amide bonds. The van der Waals surface area contributed by atoms with Gasteiger partial charge in [0.05, 0.1) is 0 Å². The van der Waals surface area contributed by atoms with Gasteiger partial charge in [-0.2, -0.15) is 0 Å². The van der Waals surface area contributed by atoms with Crippen molar-refractivity contribution in [1.82, 2.24) is 4.90 Å². The molecule has 3 rings (SSSR count). The van der Waals surface area contributed by atoms with Crippen molar-refractivity contribution in [1.29, 1.82) is 0 Å². The summed E-state index contributed by atoms with van der Waals surface area (Å²) in [6, 6.07) is 15.5. The number of carbonyl (C=O) groups is 2. The molecule has 1 heterocycles. The summed E-state index contributed by atoms with van der Waals surface area (Å²) < 4.78 is 0. The summed E-state index contributed by atoms with van der Waals surface area (Å²) in [5, 5.41) is 2.89. The van der Waals surface area contributed by atoms with Crippen LogP contribution in [0.25, 0.3) is 0 Å². The molecule has 1 N–H and O–H groups in total. The molecule has 6 nitrogen and oxygen atoms in total. The third-order valence-electron chi connectivity index (χ3n) is 5.11. The molecule has 2 aromatic rings. The lowest BCUT2D eigenvalue weighted by Crippen LogP contribution is -2.44. The van der Waals surface area contributed by atoms with E-state index in [4.69, 9.17) is 0 Å². The summed E-state index contributed by atoms with van der Waals surface area (Å²) >= 11 is 0. The van der Waals surface area contributed by atoms with Crippen LogP contribution >= 0.6 is 0 Å². The molecule has 0 radical (unpaired) electrons. The summed E-state index contributed by atoms with van der Waals surface area (Å²) in [6.07, 6.45) is 0. The van der Waals surface area contributed by atoms with Crippen molar-refractivity contribution < 1.29 is 9.59 Å².